The third-order valence-corrected chi connectivity index (χ3v) is 9.19. The number of hydrogen-bond donors (Lipinski definition) is 0. The average Bonchev–Trinajstić information content (AvgIpc) is 3.27. The molecule has 0 aliphatic rings. The molecule has 29 heavy (non-hydrogen) atoms. The normalized spacial score (nSPS) is 11.2. The number of methoxy groups -OCH3 is 1. The Balaban J connectivity index is 1.93. The average molecular weight is 402 g/mol. The van der Waals surface area contributed by atoms with Crippen molar-refractivity contribution >= 4 is 29.1 Å². The maximum absolute atomic E-state index is 11.9. The zero-order chi connectivity index (χ0) is 20.1. The van der Waals surface area contributed by atoms with Gasteiger partial charge in [-0.3, -0.25) is 0 Å². The lowest BCUT2D eigenvalue weighted by Gasteiger charge is -2.26. The number of aromatic nitrogens is 1. The molecule has 0 radical (unpaired) electrons. The molecule has 0 amide bonds. The lowest BCUT2D eigenvalue weighted by molar-refractivity contribution is 0.0594. The summed E-state index contributed by atoms with van der Waals surface area (Å²) in [4.78, 5) is 16.3. The van der Waals surface area contributed by atoms with Gasteiger partial charge in [-0.05, 0) is 36.4 Å². The second-order valence-corrected chi connectivity index (χ2v) is 10.1. The van der Waals surface area contributed by atoms with Crippen molar-refractivity contribution in [1.29, 1.82) is 0 Å². The summed E-state index contributed by atoms with van der Waals surface area (Å²) in [6.45, 7) is 0. The van der Waals surface area contributed by atoms with E-state index in [1.54, 1.807) is 0 Å². The van der Waals surface area contributed by atoms with Gasteiger partial charge >= 0.3 is 5.97 Å². The molecule has 0 bridgehead atoms. The van der Waals surface area contributed by atoms with Crippen LogP contribution in [0.25, 0.3) is 0 Å². The van der Waals surface area contributed by atoms with E-state index in [-0.39, 0.29) is 5.69 Å². The van der Waals surface area contributed by atoms with Gasteiger partial charge in [0.25, 0.3) is 0 Å². The molecule has 0 aliphatic heterocycles. The van der Waals surface area contributed by atoms with Crippen LogP contribution in [0.1, 0.15) is 16.4 Å². The monoisotopic (exact) mass is 402 g/mol. The first kappa shape index (κ1) is 19.1. The summed E-state index contributed by atoms with van der Waals surface area (Å²) >= 11 is 0. The van der Waals surface area contributed by atoms with Crippen molar-refractivity contribution < 1.29 is 13.9 Å². The maximum Gasteiger partial charge on any atom is 0.360 e. The number of carbonyl (C=O) groups excluding carboxylic acids is 1. The lowest BCUT2D eigenvalue weighted by atomic mass is 10.4. The topological polar surface area (TPSA) is 52.3 Å². The van der Waals surface area contributed by atoms with E-state index in [0.29, 0.717) is 12.1 Å². The van der Waals surface area contributed by atoms with E-state index in [4.69, 9.17) is 9.15 Å². The Morgan fingerprint density at radius 1 is 0.828 bits per heavy atom. The van der Waals surface area contributed by atoms with Gasteiger partial charge in [-0.25, -0.2) is 9.78 Å². The summed E-state index contributed by atoms with van der Waals surface area (Å²) in [5, 5.41) is 3.70. The highest BCUT2D eigenvalue weighted by atomic mass is 31.2. The molecule has 144 valence electrons. The van der Waals surface area contributed by atoms with Crippen molar-refractivity contribution in [3.05, 3.63) is 109 Å². The molecule has 4 aromatic rings. The number of oxazole rings is 1. The number of ether oxygens (including phenoxy) is 1. The Hall–Kier alpha value is -3.23. The summed E-state index contributed by atoms with van der Waals surface area (Å²) in [5.74, 6) is 0.0263. The van der Waals surface area contributed by atoms with Crippen LogP contribution in [-0.2, 0) is 10.9 Å². The number of carbonyl (C=O) groups is 1. The smallest absolute Gasteiger partial charge is 0.360 e. The molecular weight excluding hydrogens is 381 g/mol. The maximum atomic E-state index is 11.9. The number of rotatable bonds is 6. The van der Waals surface area contributed by atoms with Crippen molar-refractivity contribution in [2.45, 2.75) is 6.16 Å². The van der Waals surface area contributed by atoms with Gasteiger partial charge in [-0.15, -0.1) is 0 Å². The summed E-state index contributed by atoms with van der Waals surface area (Å²) in [6.07, 6.45) is 1.94. The van der Waals surface area contributed by atoms with E-state index in [0.717, 1.165) is 0 Å². The fourth-order valence-electron chi connectivity index (χ4n) is 3.55. The predicted molar refractivity (Wildman–Crippen MR) is 117 cm³/mol. The van der Waals surface area contributed by atoms with Gasteiger partial charge in [0.2, 0.25) is 5.89 Å². The van der Waals surface area contributed by atoms with Crippen LogP contribution in [0.3, 0.4) is 0 Å². The van der Waals surface area contributed by atoms with Crippen LogP contribution < -0.4 is 15.9 Å². The molecule has 0 fully saturated rings. The Morgan fingerprint density at radius 3 is 1.69 bits per heavy atom. The number of nitrogens with zero attached hydrogens (tertiary/aromatic N) is 1. The quantitative estimate of drug-likeness (QED) is 0.362. The fraction of sp³-hybridized carbons (Fsp3) is 0.0833. The van der Waals surface area contributed by atoms with Crippen molar-refractivity contribution in [2.24, 2.45) is 0 Å². The molecule has 0 spiro atoms. The number of benzene rings is 3. The second-order valence-electron chi connectivity index (χ2n) is 6.59. The first-order chi connectivity index (χ1) is 14.2. The number of esters is 1. The first-order valence-electron chi connectivity index (χ1n) is 9.31. The van der Waals surface area contributed by atoms with E-state index in [1.807, 2.05) is 18.2 Å². The standard InChI is InChI=1S/C24H21NO3P/c1-27-24(26)22-17-28-23(25-22)18-29(19-11-5-2-6-12-19,20-13-7-3-8-14-20)21-15-9-4-10-16-21/h2-17H,18H2,1H3/q+1. The highest BCUT2D eigenvalue weighted by molar-refractivity contribution is 7.95. The molecule has 4 rings (SSSR count). The molecule has 0 saturated carbocycles. The molecule has 0 unspecified atom stereocenters. The minimum atomic E-state index is -2.11. The Labute approximate surface area is 170 Å². The van der Waals surface area contributed by atoms with Crippen LogP contribution in [0, 0.1) is 0 Å². The molecule has 0 saturated heterocycles. The molecule has 5 heteroatoms. The SMILES string of the molecule is COC(=O)c1coc(C[P+](c2ccccc2)(c2ccccc2)c2ccccc2)n1. The van der Waals surface area contributed by atoms with Gasteiger partial charge in [0.05, 0.1) is 7.11 Å². The zero-order valence-corrected chi connectivity index (χ0v) is 17.0. The Morgan fingerprint density at radius 2 is 1.28 bits per heavy atom. The first-order valence-corrected chi connectivity index (χ1v) is 11.3. The summed E-state index contributed by atoms with van der Waals surface area (Å²) < 4.78 is 10.5. The fourth-order valence-corrected chi connectivity index (χ4v) is 7.59. The van der Waals surface area contributed by atoms with Crippen LogP contribution in [0.4, 0.5) is 0 Å². The van der Waals surface area contributed by atoms with Crippen molar-refractivity contribution in [3.8, 4) is 0 Å². The third kappa shape index (κ3) is 3.72. The van der Waals surface area contributed by atoms with Crippen LogP contribution in [-0.4, -0.2) is 18.1 Å². The van der Waals surface area contributed by atoms with Crippen LogP contribution >= 0.6 is 7.26 Å². The van der Waals surface area contributed by atoms with Gasteiger partial charge in [0.15, 0.2) is 5.69 Å². The highest BCUT2D eigenvalue weighted by Gasteiger charge is 2.47. The molecule has 0 N–H and O–H groups in total. The van der Waals surface area contributed by atoms with Crippen LogP contribution in [0.5, 0.6) is 0 Å². The van der Waals surface area contributed by atoms with E-state index in [9.17, 15) is 4.79 Å². The second kappa shape index (κ2) is 8.42. The summed E-state index contributed by atoms with van der Waals surface area (Å²) in [7, 11) is -0.770. The minimum Gasteiger partial charge on any atom is -0.464 e. The largest absolute Gasteiger partial charge is 0.464 e. The number of hydrogen-bond acceptors (Lipinski definition) is 4. The van der Waals surface area contributed by atoms with Crippen molar-refractivity contribution in [3.63, 3.8) is 0 Å². The van der Waals surface area contributed by atoms with Gasteiger partial charge in [-0.1, -0.05) is 54.6 Å². The third-order valence-electron chi connectivity index (χ3n) is 4.91. The van der Waals surface area contributed by atoms with E-state index in [1.165, 1.54) is 29.3 Å². The Kier molecular flexibility index (Phi) is 5.55. The molecular formula is C24H21NO3P+. The van der Waals surface area contributed by atoms with Crippen molar-refractivity contribution in [2.75, 3.05) is 7.11 Å². The zero-order valence-electron chi connectivity index (χ0n) is 16.1. The molecule has 1 aromatic heterocycles. The van der Waals surface area contributed by atoms with Gasteiger partial charge in [0.1, 0.15) is 35.6 Å². The summed E-state index contributed by atoms with van der Waals surface area (Å²) in [5.41, 5.74) is 0.190. The van der Waals surface area contributed by atoms with Gasteiger partial charge in [-0.2, -0.15) is 0 Å². The van der Waals surface area contributed by atoms with Gasteiger partial charge in [0, 0.05) is 0 Å². The molecule has 1 heterocycles. The van der Waals surface area contributed by atoms with Crippen molar-refractivity contribution in [1.82, 2.24) is 4.98 Å². The van der Waals surface area contributed by atoms with E-state index >= 15 is 0 Å². The van der Waals surface area contributed by atoms with Crippen LogP contribution in [0.2, 0.25) is 0 Å². The van der Waals surface area contributed by atoms with E-state index < -0.39 is 13.2 Å². The molecule has 4 nitrogen and oxygen atoms in total. The van der Waals surface area contributed by atoms with Gasteiger partial charge < -0.3 is 9.15 Å². The minimum absolute atomic E-state index is 0.190. The predicted octanol–water partition coefficient (Wildman–Crippen LogP) is 3.96. The highest BCUT2D eigenvalue weighted by Crippen LogP contribution is 2.57. The molecule has 3 aromatic carbocycles. The van der Waals surface area contributed by atoms with E-state index in [2.05, 4.69) is 77.8 Å². The lowest BCUT2D eigenvalue weighted by Crippen LogP contribution is -2.32. The molecule has 0 atom stereocenters. The van der Waals surface area contributed by atoms with Crippen LogP contribution in [0.15, 0.2) is 102 Å². The summed E-state index contributed by atoms with van der Waals surface area (Å²) in [6, 6.07) is 31.4. The Bertz CT molecular complexity index is 982. The molecule has 0 aliphatic carbocycles.